The molecule has 0 aliphatic heterocycles. The van der Waals surface area contributed by atoms with E-state index in [2.05, 4.69) is 0 Å². The Kier molecular flexibility index (Phi) is 6.01. The number of aryl methyl sites for hydroxylation is 1. The van der Waals surface area contributed by atoms with Crippen molar-refractivity contribution in [3.63, 3.8) is 0 Å². The average molecular weight is 325 g/mol. The zero-order chi connectivity index (χ0) is 17.5. The van der Waals surface area contributed by atoms with E-state index in [0.717, 1.165) is 11.1 Å². The summed E-state index contributed by atoms with van der Waals surface area (Å²) in [7, 11) is 4.97. The first-order valence-corrected chi connectivity index (χ1v) is 7.74. The molecule has 0 bridgehead atoms. The van der Waals surface area contributed by atoms with Crippen molar-refractivity contribution in [3.05, 3.63) is 65.2 Å². The Morgan fingerprint density at radius 1 is 1.04 bits per heavy atom. The lowest BCUT2D eigenvalue weighted by molar-refractivity contribution is -0.125. The summed E-state index contributed by atoms with van der Waals surface area (Å²) in [4.78, 5) is 13.9. The van der Waals surface area contributed by atoms with Gasteiger partial charge >= 0.3 is 0 Å². The van der Waals surface area contributed by atoms with Gasteiger partial charge in [0.25, 0.3) is 0 Å². The number of nitrogens with zero attached hydrogens (tertiary/aromatic N) is 1. The van der Waals surface area contributed by atoms with E-state index in [1.165, 1.54) is 5.56 Å². The molecule has 0 aliphatic rings. The quantitative estimate of drug-likeness (QED) is 0.761. The van der Waals surface area contributed by atoms with Crippen molar-refractivity contribution in [1.29, 1.82) is 0 Å². The predicted octanol–water partition coefficient (Wildman–Crippen LogP) is 3.68. The number of carbonyl (C=O) groups excluding carboxylic acids is 1. The minimum atomic E-state index is -0.0506. The van der Waals surface area contributed by atoms with Crippen LogP contribution in [0.2, 0.25) is 0 Å². The van der Waals surface area contributed by atoms with Gasteiger partial charge in [-0.15, -0.1) is 0 Å². The van der Waals surface area contributed by atoms with Gasteiger partial charge in [0, 0.05) is 19.7 Å². The van der Waals surface area contributed by atoms with Gasteiger partial charge in [-0.2, -0.15) is 0 Å². The maximum atomic E-state index is 12.2. The monoisotopic (exact) mass is 325 g/mol. The minimum Gasteiger partial charge on any atom is -0.493 e. The second-order valence-electron chi connectivity index (χ2n) is 5.63. The van der Waals surface area contributed by atoms with E-state index < -0.39 is 0 Å². The predicted molar refractivity (Wildman–Crippen MR) is 96.2 cm³/mol. The Balaban J connectivity index is 2.02. The topological polar surface area (TPSA) is 38.8 Å². The van der Waals surface area contributed by atoms with E-state index in [-0.39, 0.29) is 5.91 Å². The normalized spacial score (nSPS) is 10.7. The molecule has 2 aromatic rings. The fourth-order valence-electron chi connectivity index (χ4n) is 2.30. The molecule has 0 heterocycles. The lowest BCUT2D eigenvalue weighted by atomic mass is 10.1. The smallest absolute Gasteiger partial charge is 0.246 e. The van der Waals surface area contributed by atoms with Crippen LogP contribution in [-0.4, -0.2) is 32.1 Å². The van der Waals surface area contributed by atoms with Gasteiger partial charge in [-0.05, 0) is 36.3 Å². The highest BCUT2D eigenvalue weighted by atomic mass is 16.5. The van der Waals surface area contributed by atoms with Crippen molar-refractivity contribution in [2.45, 2.75) is 13.5 Å². The number of hydrogen-bond acceptors (Lipinski definition) is 3. The summed E-state index contributed by atoms with van der Waals surface area (Å²) in [5, 5.41) is 0. The van der Waals surface area contributed by atoms with Crippen molar-refractivity contribution < 1.29 is 14.3 Å². The standard InChI is InChI=1S/C20H23NO3/c1-15-5-7-16(8-6-15)10-12-20(22)21(2)14-17-9-11-18(23-3)19(13-17)24-4/h5-13H,14H2,1-4H3/b12-10+. The molecule has 0 fully saturated rings. The molecule has 0 atom stereocenters. The third-order valence-corrected chi connectivity index (χ3v) is 3.74. The number of amides is 1. The number of benzene rings is 2. The Bertz CT molecular complexity index is 720. The first kappa shape index (κ1) is 17.6. The third-order valence-electron chi connectivity index (χ3n) is 3.74. The Labute approximate surface area is 143 Å². The van der Waals surface area contributed by atoms with Gasteiger partial charge in [-0.25, -0.2) is 0 Å². The van der Waals surface area contributed by atoms with Gasteiger partial charge in [-0.3, -0.25) is 4.79 Å². The summed E-state index contributed by atoms with van der Waals surface area (Å²) in [5.74, 6) is 1.28. The summed E-state index contributed by atoms with van der Waals surface area (Å²) < 4.78 is 10.5. The molecule has 126 valence electrons. The van der Waals surface area contributed by atoms with E-state index in [9.17, 15) is 4.79 Å². The molecule has 0 N–H and O–H groups in total. The zero-order valence-corrected chi connectivity index (χ0v) is 14.6. The molecule has 0 aliphatic carbocycles. The van der Waals surface area contributed by atoms with Crippen LogP contribution in [0.1, 0.15) is 16.7 Å². The molecule has 0 aromatic heterocycles. The molecule has 0 spiro atoms. The molecular weight excluding hydrogens is 302 g/mol. The van der Waals surface area contributed by atoms with Gasteiger partial charge in [-0.1, -0.05) is 35.9 Å². The highest BCUT2D eigenvalue weighted by molar-refractivity contribution is 5.91. The van der Waals surface area contributed by atoms with Crippen LogP contribution in [0.5, 0.6) is 11.5 Å². The molecule has 1 amide bonds. The average Bonchev–Trinajstić information content (AvgIpc) is 2.60. The summed E-state index contributed by atoms with van der Waals surface area (Å²) in [6.07, 6.45) is 3.41. The van der Waals surface area contributed by atoms with Crippen molar-refractivity contribution in [2.24, 2.45) is 0 Å². The van der Waals surface area contributed by atoms with Crippen molar-refractivity contribution >= 4 is 12.0 Å². The molecule has 0 saturated carbocycles. The molecule has 0 unspecified atom stereocenters. The minimum absolute atomic E-state index is 0.0506. The lowest BCUT2D eigenvalue weighted by Crippen LogP contribution is -2.24. The number of hydrogen-bond donors (Lipinski definition) is 0. The summed E-state index contributed by atoms with van der Waals surface area (Å²) in [6.45, 7) is 2.53. The van der Waals surface area contributed by atoms with Crippen LogP contribution < -0.4 is 9.47 Å². The van der Waals surface area contributed by atoms with Crippen LogP contribution >= 0.6 is 0 Å². The number of rotatable bonds is 6. The van der Waals surface area contributed by atoms with Crippen LogP contribution in [0.15, 0.2) is 48.5 Å². The molecule has 4 nitrogen and oxygen atoms in total. The SMILES string of the molecule is COc1ccc(CN(C)C(=O)/C=C/c2ccc(C)cc2)cc1OC. The van der Waals surface area contributed by atoms with Gasteiger partial charge in [0.2, 0.25) is 5.91 Å². The highest BCUT2D eigenvalue weighted by Crippen LogP contribution is 2.27. The van der Waals surface area contributed by atoms with Crippen molar-refractivity contribution in [2.75, 3.05) is 21.3 Å². The molecule has 2 aromatic carbocycles. The molecule has 2 rings (SSSR count). The number of carbonyl (C=O) groups is 1. The summed E-state index contributed by atoms with van der Waals surface area (Å²) in [5.41, 5.74) is 3.18. The number of ether oxygens (including phenoxy) is 2. The van der Waals surface area contributed by atoms with E-state index in [4.69, 9.17) is 9.47 Å². The van der Waals surface area contributed by atoms with Crippen molar-refractivity contribution in [3.8, 4) is 11.5 Å². The van der Waals surface area contributed by atoms with Crippen LogP contribution in [-0.2, 0) is 11.3 Å². The van der Waals surface area contributed by atoms with Gasteiger partial charge in [0.15, 0.2) is 11.5 Å². The van der Waals surface area contributed by atoms with Gasteiger partial charge in [0.05, 0.1) is 14.2 Å². The lowest BCUT2D eigenvalue weighted by Gasteiger charge is -2.16. The molecule has 24 heavy (non-hydrogen) atoms. The molecular formula is C20H23NO3. The van der Waals surface area contributed by atoms with E-state index >= 15 is 0 Å². The highest BCUT2D eigenvalue weighted by Gasteiger charge is 2.09. The number of methoxy groups -OCH3 is 2. The third kappa shape index (κ3) is 4.62. The molecule has 0 radical (unpaired) electrons. The van der Waals surface area contributed by atoms with Crippen LogP contribution in [0.4, 0.5) is 0 Å². The molecule has 0 saturated heterocycles. The van der Waals surface area contributed by atoms with Crippen LogP contribution in [0.25, 0.3) is 6.08 Å². The van der Waals surface area contributed by atoms with Crippen LogP contribution in [0, 0.1) is 6.92 Å². The summed E-state index contributed by atoms with van der Waals surface area (Å²) >= 11 is 0. The van der Waals surface area contributed by atoms with E-state index in [1.807, 2.05) is 55.5 Å². The Morgan fingerprint density at radius 3 is 2.33 bits per heavy atom. The Morgan fingerprint density at radius 2 is 1.71 bits per heavy atom. The van der Waals surface area contributed by atoms with E-state index in [1.54, 1.807) is 32.2 Å². The van der Waals surface area contributed by atoms with E-state index in [0.29, 0.717) is 18.0 Å². The van der Waals surface area contributed by atoms with Gasteiger partial charge < -0.3 is 14.4 Å². The number of likely N-dealkylation sites (N-methyl/N-ethyl adjacent to an activating group) is 1. The Hall–Kier alpha value is -2.75. The van der Waals surface area contributed by atoms with Gasteiger partial charge in [0.1, 0.15) is 0 Å². The fraction of sp³-hybridized carbons (Fsp3) is 0.250. The zero-order valence-electron chi connectivity index (χ0n) is 14.6. The van der Waals surface area contributed by atoms with Crippen molar-refractivity contribution in [1.82, 2.24) is 4.90 Å². The largest absolute Gasteiger partial charge is 0.493 e. The first-order chi connectivity index (χ1) is 11.5. The maximum Gasteiger partial charge on any atom is 0.246 e. The second kappa shape index (κ2) is 8.20. The first-order valence-electron chi connectivity index (χ1n) is 7.74. The molecule has 4 heteroatoms. The summed E-state index contributed by atoms with van der Waals surface area (Å²) in [6, 6.07) is 13.7. The second-order valence-corrected chi connectivity index (χ2v) is 5.63. The fourth-order valence-corrected chi connectivity index (χ4v) is 2.30. The van der Waals surface area contributed by atoms with Crippen LogP contribution in [0.3, 0.4) is 0 Å². The maximum absolute atomic E-state index is 12.2.